The predicted molar refractivity (Wildman–Crippen MR) is 162 cm³/mol. The SMILES string of the molecule is CC/C=C\C/C=C\C/C=C\C/C=C\C/C=C\CCCC(=O)OC(CCCC)CCCCCCCCC(=O)O. The van der Waals surface area contributed by atoms with Gasteiger partial charge in [-0.1, -0.05) is 113 Å². The Morgan fingerprint density at radius 3 is 1.66 bits per heavy atom. The lowest BCUT2D eigenvalue weighted by molar-refractivity contribution is -0.150. The summed E-state index contributed by atoms with van der Waals surface area (Å²) in [4.78, 5) is 22.9. The Bertz CT molecular complexity index is 699. The van der Waals surface area contributed by atoms with Crippen LogP contribution in [0.2, 0.25) is 0 Å². The topological polar surface area (TPSA) is 63.6 Å². The summed E-state index contributed by atoms with van der Waals surface area (Å²) in [5.41, 5.74) is 0. The highest BCUT2D eigenvalue weighted by atomic mass is 16.5. The van der Waals surface area contributed by atoms with E-state index in [1.807, 2.05) is 0 Å². The lowest BCUT2D eigenvalue weighted by Crippen LogP contribution is -2.18. The molecule has 0 saturated heterocycles. The maximum Gasteiger partial charge on any atom is 0.306 e. The highest BCUT2D eigenvalue weighted by molar-refractivity contribution is 5.69. The molecule has 0 aromatic heterocycles. The molecule has 0 aliphatic carbocycles. The Hall–Kier alpha value is -2.36. The van der Waals surface area contributed by atoms with Crippen molar-refractivity contribution in [2.24, 2.45) is 0 Å². The number of unbranched alkanes of at least 4 members (excludes halogenated alkanes) is 7. The highest BCUT2D eigenvalue weighted by Crippen LogP contribution is 2.16. The number of carbonyl (C=O) groups excluding carboxylic acids is 1. The first-order valence-corrected chi connectivity index (χ1v) is 15.3. The number of esters is 1. The van der Waals surface area contributed by atoms with Gasteiger partial charge in [0.15, 0.2) is 0 Å². The minimum absolute atomic E-state index is 0.0446. The number of carboxylic acid groups (broad SMARTS) is 1. The molecule has 216 valence electrons. The van der Waals surface area contributed by atoms with Crippen molar-refractivity contribution in [2.45, 2.75) is 142 Å². The molecule has 0 spiro atoms. The van der Waals surface area contributed by atoms with E-state index in [4.69, 9.17) is 9.84 Å². The molecule has 0 rings (SSSR count). The minimum Gasteiger partial charge on any atom is -0.481 e. The molecule has 38 heavy (non-hydrogen) atoms. The summed E-state index contributed by atoms with van der Waals surface area (Å²) in [6, 6.07) is 0. The first-order chi connectivity index (χ1) is 18.6. The van der Waals surface area contributed by atoms with Crippen molar-refractivity contribution < 1.29 is 19.4 Å². The molecule has 4 heteroatoms. The summed E-state index contributed by atoms with van der Waals surface area (Å²) in [7, 11) is 0. The molecule has 0 aromatic rings. The lowest BCUT2D eigenvalue weighted by Gasteiger charge is -2.17. The molecule has 0 aromatic carbocycles. The van der Waals surface area contributed by atoms with Crippen molar-refractivity contribution in [3.8, 4) is 0 Å². The monoisotopic (exact) mass is 528 g/mol. The zero-order chi connectivity index (χ0) is 27.9. The molecule has 0 saturated carbocycles. The number of aliphatic carboxylic acids is 1. The molecule has 4 nitrogen and oxygen atoms in total. The summed E-state index contributed by atoms with van der Waals surface area (Å²) >= 11 is 0. The zero-order valence-electron chi connectivity index (χ0n) is 24.5. The van der Waals surface area contributed by atoms with Gasteiger partial charge in [-0.3, -0.25) is 9.59 Å². The standard InChI is InChI=1S/C34H56O4/c1-3-5-7-8-9-10-11-12-13-14-15-16-17-18-19-24-27-31-34(37)38-32(28-6-4-2)29-25-22-20-21-23-26-30-33(35)36/h5,7,9-10,12-13,15-16,18-19,32H,3-4,6,8,11,14,17,20-31H2,1-2H3,(H,35,36)/b7-5-,10-9-,13-12-,16-15-,19-18-. The van der Waals surface area contributed by atoms with Crippen molar-refractivity contribution in [3.05, 3.63) is 60.8 Å². The maximum atomic E-state index is 12.3. The normalized spacial score (nSPS) is 13.1. The third kappa shape index (κ3) is 28.2. The molecular formula is C34H56O4. The van der Waals surface area contributed by atoms with E-state index in [0.717, 1.165) is 109 Å². The van der Waals surface area contributed by atoms with Crippen LogP contribution in [0.5, 0.6) is 0 Å². The molecule has 1 unspecified atom stereocenters. The van der Waals surface area contributed by atoms with Crippen LogP contribution >= 0.6 is 0 Å². The van der Waals surface area contributed by atoms with Gasteiger partial charge in [-0.2, -0.15) is 0 Å². The molecule has 0 aliphatic heterocycles. The van der Waals surface area contributed by atoms with Crippen LogP contribution < -0.4 is 0 Å². The first-order valence-electron chi connectivity index (χ1n) is 15.3. The van der Waals surface area contributed by atoms with Crippen LogP contribution in [0.15, 0.2) is 60.8 Å². The van der Waals surface area contributed by atoms with Crippen molar-refractivity contribution >= 4 is 11.9 Å². The Morgan fingerprint density at radius 2 is 1.11 bits per heavy atom. The number of rotatable bonds is 26. The van der Waals surface area contributed by atoms with Crippen LogP contribution in [0, 0.1) is 0 Å². The lowest BCUT2D eigenvalue weighted by atomic mass is 10.0. The van der Waals surface area contributed by atoms with Crippen molar-refractivity contribution in [1.29, 1.82) is 0 Å². The van der Waals surface area contributed by atoms with Crippen LogP contribution in [0.25, 0.3) is 0 Å². The van der Waals surface area contributed by atoms with Gasteiger partial charge in [0.25, 0.3) is 0 Å². The smallest absolute Gasteiger partial charge is 0.306 e. The average molecular weight is 529 g/mol. The van der Waals surface area contributed by atoms with E-state index in [2.05, 4.69) is 74.6 Å². The van der Waals surface area contributed by atoms with E-state index in [-0.39, 0.29) is 18.5 Å². The first kappa shape index (κ1) is 35.6. The second-order valence-corrected chi connectivity index (χ2v) is 9.91. The molecule has 0 heterocycles. The third-order valence-electron chi connectivity index (χ3n) is 6.25. The number of allylic oxidation sites excluding steroid dienone is 10. The minimum atomic E-state index is -0.705. The van der Waals surface area contributed by atoms with Crippen LogP contribution in [-0.4, -0.2) is 23.1 Å². The fourth-order valence-corrected chi connectivity index (χ4v) is 4.03. The van der Waals surface area contributed by atoms with Gasteiger partial charge in [0.2, 0.25) is 0 Å². The summed E-state index contributed by atoms with van der Waals surface area (Å²) in [5, 5.41) is 8.68. The third-order valence-corrected chi connectivity index (χ3v) is 6.25. The fraction of sp³-hybridized carbons (Fsp3) is 0.647. The number of hydrogen-bond donors (Lipinski definition) is 1. The second kappa shape index (κ2) is 29.2. The number of carbonyl (C=O) groups is 2. The molecule has 0 bridgehead atoms. The summed E-state index contributed by atoms with van der Waals surface area (Å²) in [5.74, 6) is -0.768. The predicted octanol–water partition coefficient (Wildman–Crippen LogP) is 10.2. The quantitative estimate of drug-likeness (QED) is 0.0689. The molecule has 0 fully saturated rings. The van der Waals surface area contributed by atoms with Gasteiger partial charge in [-0.05, 0) is 70.6 Å². The highest BCUT2D eigenvalue weighted by Gasteiger charge is 2.13. The molecule has 0 amide bonds. The number of ether oxygens (including phenoxy) is 1. The zero-order valence-corrected chi connectivity index (χ0v) is 24.5. The van der Waals surface area contributed by atoms with Crippen LogP contribution in [0.4, 0.5) is 0 Å². The molecule has 0 aliphatic rings. The molecular weight excluding hydrogens is 472 g/mol. The van der Waals surface area contributed by atoms with E-state index < -0.39 is 5.97 Å². The summed E-state index contributed by atoms with van der Waals surface area (Å²) in [6.45, 7) is 4.32. The Balaban J connectivity index is 3.87. The van der Waals surface area contributed by atoms with E-state index in [9.17, 15) is 9.59 Å². The summed E-state index contributed by atoms with van der Waals surface area (Å²) in [6.07, 6.45) is 39.8. The average Bonchev–Trinajstić information content (AvgIpc) is 2.90. The summed E-state index contributed by atoms with van der Waals surface area (Å²) < 4.78 is 5.80. The van der Waals surface area contributed by atoms with Gasteiger partial charge in [0.05, 0.1) is 0 Å². The molecule has 1 N–H and O–H groups in total. The Kier molecular flexibility index (Phi) is 27.4. The van der Waals surface area contributed by atoms with Crippen molar-refractivity contribution in [2.75, 3.05) is 0 Å². The van der Waals surface area contributed by atoms with Crippen LogP contribution in [0.1, 0.15) is 136 Å². The van der Waals surface area contributed by atoms with Gasteiger partial charge in [-0.15, -0.1) is 0 Å². The van der Waals surface area contributed by atoms with Gasteiger partial charge >= 0.3 is 11.9 Å². The van der Waals surface area contributed by atoms with Crippen LogP contribution in [-0.2, 0) is 14.3 Å². The van der Waals surface area contributed by atoms with E-state index >= 15 is 0 Å². The van der Waals surface area contributed by atoms with Gasteiger partial charge < -0.3 is 9.84 Å². The van der Waals surface area contributed by atoms with Gasteiger partial charge in [0, 0.05) is 12.8 Å². The van der Waals surface area contributed by atoms with Gasteiger partial charge in [-0.25, -0.2) is 0 Å². The molecule has 0 radical (unpaired) electrons. The van der Waals surface area contributed by atoms with E-state index in [0.29, 0.717) is 6.42 Å². The van der Waals surface area contributed by atoms with E-state index in [1.54, 1.807) is 0 Å². The fourth-order valence-electron chi connectivity index (χ4n) is 4.03. The number of carboxylic acids is 1. The maximum absolute atomic E-state index is 12.3. The van der Waals surface area contributed by atoms with E-state index in [1.165, 1.54) is 0 Å². The van der Waals surface area contributed by atoms with Gasteiger partial charge in [0.1, 0.15) is 6.10 Å². The molecule has 1 atom stereocenters. The van der Waals surface area contributed by atoms with Crippen LogP contribution in [0.3, 0.4) is 0 Å². The second-order valence-electron chi connectivity index (χ2n) is 9.91. The Labute approximate surface area is 234 Å². The van der Waals surface area contributed by atoms with Crippen molar-refractivity contribution in [3.63, 3.8) is 0 Å². The largest absolute Gasteiger partial charge is 0.481 e. The Morgan fingerprint density at radius 1 is 0.605 bits per heavy atom. The number of hydrogen-bond acceptors (Lipinski definition) is 3. The van der Waals surface area contributed by atoms with Crippen molar-refractivity contribution in [1.82, 2.24) is 0 Å².